The molecule has 1 aliphatic heterocycles. The molecule has 22 heavy (non-hydrogen) atoms. The van der Waals surface area contributed by atoms with E-state index in [-0.39, 0.29) is 17.9 Å². The van der Waals surface area contributed by atoms with E-state index in [0.717, 1.165) is 24.1 Å². The molecule has 1 saturated carbocycles. The van der Waals surface area contributed by atoms with E-state index in [2.05, 4.69) is 20.8 Å². The maximum atomic E-state index is 12.0. The van der Waals surface area contributed by atoms with Crippen LogP contribution in [0.2, 0.25) is 0 Å². The van der Waals surface area contributed by atoms with Crippen molar-refractivity contribution in [3.05, 3.63) is 17.8 Å². The summed E-state index contributed by atoms with van der Waals surface area (Å²) in [5.74, 6) is 0.657. The zero-order valence-corrected chi connectivity index (χ0v) is 13.0. The minimum absolute atomic E-state index is 0.0168. The number of aromatic nitrogens is 1. The van der Waals surface area contributed by atoms with Crippen molar-refractivity contribution in [3.8, 4) is 0 Å². The Labute approximate surface area is 129 Å². The minimum Gasteiger partial charge on any atom is -0.363 e. The molecule has 1 aromatic rings. The quantitative estimate of drug-likeness (QED) is 0.731. The van der Waals surface area contributed by atoms with Crippen molar-refractivity contribution >= 4 is 28.8 Å². The van der Waals surface area contributed by atoms with Crippen LogP contribution < -0.4 is 15.6 Å². The van der Waals surface area contributed by atoms with E-state index in [1.54, 1.807) is 19.3 Å². The Morgan fingerprint density at radius 1 is 1.50 bits per heavy atom. The molecule has 1 unspecified atom stereocenters. The van der Waals surface area contributed by atoms with Gasteiger partial charge in [0.1, 0.15) is 5.71 Å². The number of hydrogen-bond acceptors (Lipinski definition) is 6. The number of rotatable bonds is 3. The molecule has 0 saturated heterocycles. The third-order valence-electron chi connectivity index (χ3n) is 4.20. The number of nitrogens with zero attached hydrogens (tertiary/aromatic N) is 3. The average molecular weight is 300 g/mol. The molecule has 1 amide bonds. The summed E-state index contributed by atoms with van der Waals surface area (Å²) >= 11 is 0. The van der Waals surface area contributed by atoms with Crippen molar-refractivity contribution in [1.82, 2.24) is 10.4 Å². The summed E-state index contributed by atoms with van der Waals surface area (Å²) in [6.07, 6.45) is 3.51. The SMILES string of the molecule is CN/N=C1\C(=N)c2ccnc(NC(=O)C3CC3)c2N(C)C1C. The van der Waals surface area contributed by atoms with Crippen molar-refractivity contribution in [3.63, 3.8) is 0 Å². The molecule has 3 rings (SSSR count). The molecule has 1 fully saturated rings. The Balaban J connectivity index is 2.02. The van der Waals surface area contributed by atoms with Crippen LogP contribution in [0.3, 0.4) is 0 Å². The number of amides is 1. The monoisotopic (exact) mass is 300 g/mol. The summed E-state index contributed by atoms with van der Waals surface area (Å²) < 4.78 is 0. The fourth-order valence-electron chi connectivity index (χ4n) is 2.66. The van der Waals surface area contributed by atoms with Crippen molar-refractivity contribution in [2.75, 3.05) is 24.3 Å². The topological polar surface area (TPSA) is 93.5 Å². The van der Waals surface area contributed by atoms with Crippen LogP contribution in [0.15, 0.2) is 17.4 Å². The first-order valence-electron chi connectivity index (χ1n) is 7.41. The molecule has 7 heteroatoms. The first-order chi connectivity index (χ1) is 10.5. The number of nitrogens with one attached hydrogen (secondary N) is 3. The highest BCUT2D eigenvalue weighted by Gasteiger charge is 2.35. The van der Waals surface area contributed by atoms with Gasteiger partial charge >= 0.3 is 0 Å². The smallest absolute Gasteiger partial charge is 0.228 e. The molecule has 116 valence electrons. The number of hydrogen-bond donors (Lipinski definition) is 3. The lowest BCUT2D eigenvalue weighted by atomic mass is 9.94. The molecule has 1 atom stereocenters. The molecule has 3 N–H and O–H groups in total. The molecule has 2 heterocycles. The number of fused-ring (bicyclic) bond motifs is 1. The molecule has 2 aliphatic rings. The van der Waals surface area contributed by atoms with Gasteiger partial charge in [-0.15, -0.1) is 0 Å². The van der Waals surface area contributed by atoms with Crippen molar-refractivity contribution in [2.45, 2.75) is 25.8 Å². The normalized spacial score (nSPS) is 22.5. The van der Waals surface area contributed by atoms with Gasteiger partial charge in [-0.25, -0.2) is 4.98 Å². The summed E-state index contributed by atoms with van der Waals surface area (Å²) in [4.78, 5) is 18.3. The lowest BCUT2D eigenvalue weighted by Crippen LogP contribution is -2.46. The second-order valence-corrected chi connectivity index (χ2v) is 5.70. The van der Waals surface area contributed by atoms with Gasteiger partial charge in [-0.3, -0.25) is 10.2 Å². The van der Waals surface area contributed by atoms with E-state index in [4.69, 9.17) is 5.41 Å². The van der Waals surface area contributed by atoms with E-state index < -0.39 is 0 Å². The van der Waals surface area contributed by atoms with Crippen molar-refractivity contribution < 1.29 is 4.79 Å². The van der Waals surface area contributed by atoms with Gasteiger partial charge in [0, 0.05) is 31.8 Å². The van der Waals surface area contributed by atoms with Crippen LogP contribution in [0.5, 0.6) is 0 Å². The third kappa shape index (κ3) is 2.32. The second-order valence-electron chi connectivity index (χ2n) is 5.70. The Bertz CT molecular complexity index is 664. The summed E-state index contributed by atoms with van der Waals surface area (Å²) in [5.41, 5.74) is 5.30. The number of pyridine rings is 1. The number of anilines is 2. The third-order valence-corrected chi connectivity index (χ3v) is 4.20. The van der Waals surface area contributed by atoms with Gasteiger partial charge < -0.3 is 15.6 Å². The number of hydrazone groups is 1. The lowest BCUT2D eigenvalue weighted by molar-refractivity contribution is -0.117. The average Bonchev–Trinajstić information content (AvgIpc) is 3.34. The number of carbonyl (C=O) groups excluding carboxylic acids is 1. The fraction of sp³-hybridized carbons (Fsp3) is 0.467. The van der Waals surface area contributed by atoms with Crippen LogP contribution in [-0.2, 0) is 4.79 Å². The zero-order chi connectivity index (χ0) is 15.9. The lowest BCUT2D eigenvalue weighted by Gasteiger charge is -2.35. The molecule has 0 spiro atoms. The maximum absolute atomic E-state index is 12.0. The van der Waals surface area contributed by atoms with E-state index in [1.807, 2.05) is 18.9 Å². The summed E-state index contributed by atoms with van der Waals surface area (Å²) in [6, 6.07) is 1.71. The van der Waals surface area contributed by atoms with E-state index >= 15 is 0 Å². The molecular weight excluding hydrogens is 280 g/mol. The van der Waals surface area contributed by atoms with Crippen LogP contribution in [0.4, 0.5) is 11.5 Å². The standard InChI is InChI=1S/C15H20N6O/c1-8-12(20-17-2)11(16)10-6-7-18-14(13(10)21(8)3)19-15(22)9-4-5-9/h6-9,16-17H,4-5H2,1-3H3,(H,18,19,22)/b16-11?,20-12-. The molecule has 0 aromatic carbocycles. The Hall–Kier alpha value is -2.44. The Kier molecular flexibility index (Phi) is 3.56. The summed E-state index contributed by atoms with van der Waals surface area (Å²) in [6.45, 7) is 1.98. The predicted octanol–water partition coefficient (Wildman–Crippen LogP) is 1.21. The van der Waals surface area contributed by atoms with Crippen LogP contribution in [0, 0.1) is 11.3 Å². The minimum atomic E-state index is -0.0757. The zero-order valence-electron chi connectivity index (χ0n) is 13.0. The fourth-order valence-corrected chi connectivity index (χ4v) is 2.66. The summed E-state index contributed by atoms with van der Waals surface area (Å²) in [7, 11) is 3.64. The van der Waals surface area contributed by atoms with Crippen molar-refractivity contribution in [2.24, 2.45) is 11.0 Å². The first-order valence-corrected chi connectivity index (χ1v) is 7.41. The molecular formula is C15H20N6O. The molecule has 1 aromatic heterocycles. The van der Waals surface area contributed by atoms with Gasteiger partial charge in [-0.1, -0.05) is 0 Å². The molecule has 1 aliphatic carbocycles. The van der Waals surface area contributed by atoms with Gasteiger partial charge in [0.2, 0.25) is 5.91 Å². The van der Waals surface area contributed by atoms with Gasteiger partial charge in [0.25, 0.3) is 0 Å². The highest BCUT2D eigenvalue weighted by atomic mass is 16.2. The highest BCUT2D eigenvalue weighted by molar-refractivity contribution is 6.51. The summed E-state index contributed by atoms with van der Waals surface area (Å²) in [5, 5.41) is 15.5. The first kappa shape index (κ1) is 14.5. The van der Waals surface area contributed by atoms with E-state index in [0.29, 0.717) is 17.2 Å². The van der Waals surface area contributed by atoms with Crippen LogP contribution in [0.1, 0.15) is 25.3 Å². The van der Waals surface area contributed by atoms with Crippen LogP contribution >= 0.6 is 0 Å². The molecule has 7 nitrogen and oxygen atoms in total. The molecule has 0 radical (unpaired) electrons. The van der Waals surface area contributed by atoms with Gasteiger partial charge in [-0.05, 0) is 25.8 Å². The van der Waals surface area contributed by atoms with Crippen LogP contribution in [0.25, 0.3) is 0 Å². The van der Waals surface area contributed by atoms with Gasteiger partial charge in [0.05, 0.1) is 17.4 Å². The predicted molar refractivity (Wildman–Crippen MR) is 86.8 cm³/mol. The Morgan fingerprint density at radius 2 is 2.23 bits per heavy atom. The van der Waals surface area contributed by atoms with E-state index in [1.165, 1.54) is 0 Å². The molecule has 0 bridgehead atoms. The second kappa shape index (κ2) is 5.40. The van der Waals surface area contributed by atoms with Gasteiger partial charge in [0.15, 0.2) is 5.82 Å². The Morgan fingerprint density at radius 3 is 2.86 bits per heavy atom. The number of carbonyl (C=O) groups is 1. The van der Waals surface area contributed by atoms with Gasteiger partial charge in [-0.2, -0.15) is 5.10 Å². The van der Waals surface area contributed by atoms with E-state index in [9.17, 15) is 4.79 Å². The van der Waals surface area contributed by atoms with Crippen molar-refractivity contribution in [1.29, 1.82) is 5.41 Å². The van der Waals surface area contributed by atoms with Crippen LogP contribution in [-0.4, -0.2) is 42.5 Å². The maximum Gasteiger partial charge on any atom is 0.228 e. The highest BCUT2D eigenvalue weighted by Crippen LogP contribution is 2.36. The largest absolute Gasteiger partial charge is 0.363 e.